The van der Waals surface area contributed by atoms with Crippen molar-refractivity contribution in [1.29, 1.82) is 0 Å². The Morgan fingerprint density at radius 3 is 2.47 bits per heavy atom. The summed E-state index contributed by atoms with van der Waals surface area (Å²) in [6, 6.07) is 1.80. The van der Waals surface area contributed by atoms with Gasteiger partial charge in [-0.3, -0.25) is 0 Å². The Balaban J connectivity index is 2.34. The maximum Gasteiger partial charge on any atom is 0.167 e. The predicted molar refractivity (Wildman–Crippen MR) is 59.0 cm³/mol. The molecule has 2 N–H and O–H groups in total. The fourth-order valence-corrected chi connectivity index (χ4v) is 1.11. The van der Waals surface area contributed by atoms with E-state index >= 15 is 0 Å². The molecule has 0 spiro atoms. The number of benzene rings is 1. The summed E-state index contributed by atoms with van der Waals surface area (Å²) in [5.41, 5.74) is 4.95. The van der Waals surface area contributed by atoms with E-state index in [1.165, 1.54) is 0 Å². The van der Waals surface area contributed by atoms with Crippen molar-refractivity contribution >= 4 is 5.69 Å². The van der Waals surface area contributed by atoms with Crippen LogP contribution in [0.15, 0.2) is 12.1 Å². The summed E-state index contributed by atoms with van der Waals surface area (Å²) < 4.78 is 41.1. The van der Waals surface area contributed by atoms with Crippen LogP contribution in [0.4, 0.5) is 14.5 Å². The molecule has 0 fully saturated rings. The molecule has 0 saturated carbocycles. The quantitative estimate of drug-likeness (QED) is 0.587. The number of halogens is 2. The van der Waals surface area contributed by atoms with Gasteiger partial charge >= 0.3 is 0 Å². The van der Waals surface area contributed by atoms with E-state index in [1.54, 1.807) is 7.11 Å². The van der Waals surface area contributed by atoms with Gasteiger partial charge in [0.15, 0.2) is 11.6 Å². The maximum absolute atomic E-state index is 13.2. The Kier molecular flexibility index (Phi) is 5.65. The zero-order valence-electron chi connectivity index (χ0n) is 9.54. The summed E-state index contributed by atoms with van der Waals surface area (Å²) in [5, 5.41) is 0. The van der Waals surface area contributed by atoms with Crippen LogP contribution in [0.2, 0.25) is 0 Å². The summed E-state index contributed by atoms with van der Waals surface area (Å²) in [5.74, 6) is -1.57. The third kappa shape index (κ3) is 4.54. The van der Waals surface area contributed by atoms with Gasteiger partial charge in [0.2, 0.25) is 0 Å². The van der Waals surface area contributed by atoms with E-state index in [1.807, 2.05) is 0 Å². The van der Waals surface area contributed by atoms with Crippen LogP contribution in [-0.2, 0) is 9.47 Å². The number of rotatable bonds is 7. The molecule has 0 aliphatic carbocycles. The largest absolute Gasteiger partial charge is 0.488 e. The number of methoxy groups -OCH3 is 1. The lowest BCUT2D eigenvalue weighted by Gasteiger charge is -2.08. The molecule has 6 heteroatoms. The van der Waals surface area contributed by atoms with Gasteiger partial charge in [-0.25, -0.2) is 8.78 Å². The van der Waals surface area contributed by atoms with Crippen molar-refractivity contribution in [3.8, 4) is 5.75 Å². The van der Waals surface area contributed by atoms with Gasteiger partial charge in [0.1, 0.15) is 12.4 Å². The van der Waals surface area contributed by atoms with Crippen LogP contribution in [-0.4, -0.2) is 33.5 Å². The average Bonchev–Trinajstić information content (AvgIpc) is 2.30. The van der Waals surface area contributed by atoms with Crippen molar-refractivity contribution in [3.05, 3.63) is 23.8 Å². The molecule has 1 aromatic rings. The van der Waals surface area contributed by atoms with E-state index < -0.39 is 11.6 Å². The van der Waals surface area contributed by atoms with Crippen LogP contribution >= 0.6 is 0 Å². The molecular formula is C11H15F2NO3. The Bertz CT molecular complexity index is 361. The number of hydrogen-bond donors (Lipinski definition) is 1. The van der Waals surface area contributed by atoms with Crippen LogP contribution in [0.5, 0.6) is 5.75 Å². The zero-order valence-corrected chi connectivity index (χ0v) is 9.54. The molecular weight excluding hydrogens is 232 g/mol. The number of hydrogen-bond acceptors (Lipinski definition) is 4. The van der Waals surface area contributed by atoms with Crippen molar-refractivity contribution in [2.45, 2.75) is 0 Å². The molecule has 0 saturated heterocycles. The van der Waals surface area contributed by atoms with Gasteiger partial charge in [-0.1, -0.05) is 0 Å². The first-order valence-corrected chi connectivity index (χ1v) is 5.09. The lowest BCUT2D eigenvalue weighted by molar-refractivity contribution is 0.0537. The third-order valence-corrected chi connectivity index (χ3v) is 1.97. The van der Waals surface area contributed by atoms with Crippen molar-refractivity contribution in [2.75, 3.05) is 39.3 Å². The monoisotopic (exact) mass is 247 g/mol. The Morgan fingerprint density at radius 1 is 1.06 bits per heavy atom. The van der Waals surface area contributed by atoms with Gasteiger partial charge in [0.05, 0.1) is 25.5 Å². The molecule has 96 valence electrons. The molecule has 0 aliphatic rings. The summed E-state index contributed by atoms with van der Waals surface area (Å²) in [6.07, 6.45) is 0. The van der Waals surface area contributed by atoms with Crippen LogP contribution in [0.25, 0.3) is 0 Å². The van der Waals surface area contributed by atoms with Crippen LogP contribution < -0.4 is 10.5 Å². The average molecular weight is 247 g/mol. The minimum absolute atomic E-state index is 0.129. The molecule has 4 nitrogen and oxygen atoms in total. The van der Waals surface area contributed by atoms with Gasteiger partial charge in [-0.15, -0.1) is 0 Å². The lowest BCUT2D eigenvalue weighted by Crippen LogP contribution is -2.10. The van der Waals surface area contributed by atoms with Crippen LogP contribution in [0.1, 0.15) is 0 Å². The Hall–Kier alpha value is -1.40. The van der Waals surface area contributed by atoms with Gasteiger partial charge < -0.3 is 19.9 Å². The first-order valence-electron chi connectivity index (χ1n) is 5.09. The zero-order chi connectivity index (χ0) is 12.7. The van der Waals surface area contributed by atoms with Crippen molar-refractivity contribution in [2.24, 2.45) is 0 Å². The number of nitrogens with two attached hydrogens (primary N) is 1. The highest BCUT2D eigenvalue weighted by molar-refractivity contribution is 5.44. The Morgan fingerprint density at radius 2 is 1.76 bits per heavy atom. The first-order chi connectivity index (χ1) is 8.15. The van der Waals surface area contributed by atoms with E-state index in [-0.39, 0.29) is 24.7 Å². The van der Waals surface area contributed by atoms with E-state index in [2.05, 4.69) is 0 Å². The molecule has 0 heterocycles. The van der Waals surface area contributed by atoms with Crippen molar-refractivity contribution in [3.63, 3.8) is 0 Å². The van der Waals surface area contributed by atoms with E-state index in [9.17, 15) is 8.78 Å². The van der Waals surface area contributed by atoms with E-state index in [0.717, 1.165) is 12.1 Å². The number of anilines is 1. The topological polar surface area (TPSA) is 53.7 Å². The Labute approximate surface area is 98.3 Å². The second-order valence-electron chi connectivity index (χ2n) is 3.26. The molecule has 0 amide bonds. The number of nitrogen functional groups attached to an aromatic ring is 1. The molecule has 0 atom stereocenters. The molecule has 0 aromatic heterocycles. The highest BCUT2D eigenvalue weighted by Gasteiger charge is 2.08. The first kappa shape index (κ1) is 13.7. The minimum Gasteiger partial charge on any atom is -0.488 e. The highest BCUT2D eigenvalue weighted by Crippen LogP contribution is 2.22. The normalized spacial score (nSPS) is 10.5. The SMILES string of the molecule is COCCOCCOc1cc(F)c(N)cc1F. The highest BCUT2D eigenvalue weighted by atomic mass is 19.1. The smallest absolute Gasteiger partial charge is 0.167 e. The number of ether oxygens (including phenoxy) is 3. The molecule has 0 radical (unpaired) electrons. The van der Waals surface area contributed by atoms with Gasteiger partial charge in [0.25, 0.3) is 0 Å². The molecule has 1 aromatic carbocycles. The summed E-state index contributed by atoms with van der Waals surface area (Å²) in [4.78, 5) is 0. The predicted octanol–water partition coefficient (Wildman–Crippen LogP) is 1.59. The molecule has 0 aliphatic heterocycles. The van der Waals surface area contributed by atoms with E-state index in [4.69, 9.17) is 19.9 Å². The standard InChI is InChI=1S/C11H15F2NO3/c1-15-2-3-16-4-5-17-11-7-8(12)10(14)6-9(11)13/h6-7H,2-5,14H2,1H3. The summed E-state index contributed by atoms with van der Waals surface area (Å²) >= 11 is 0. The molecule has 0 bridgehead atoms. The second-order valence-corrected chi connectivity index (χ2v) is 3.26. The maximum atomic E-state index is 13.2. The lowest BCUT2D eigenvalue weighted by atomic mass is 10.3. The molecule has 1 rings (SSSR count). The van der Waals surface area contributed by atoms with Gasteiger partial charge in [-0.2, -0.15) is 0 Å². The minimum atomic E-state index is -0.707. The summed E-state index contributed by atoms with van der Waals surface area (Å²) in [7, 11) is 1.56. The van der Waals surface area contributed by atoms with Crippen LogP contribution in [0, 0.1) is 11.6 Å². The van der Waals surface area contributed by atoms with Crippen LogP contribution in [0.3, 0.4) is 0 Å². The molecule has 17 heavy (non-hydrogen) atoms. The molecule has 0 unspecified atom stereocenters. The summed E-state index contributed by atoms with van der Waals surface area (Å²) in [6.45, 7) is 1.31. The van der Waals surface area contributed by atoms with Gasteiger partial charge in [-0.05, 0) is 0 Å². The van der Waals surface area contributed by atoms with E-state index in [0.29, 0.717) is 13.2 Å². The fraction of sp³-hybridized carbons (Fsp3) is 0.455. The van der Waals surface area contributed by atoms with Gasteiger partial charge in [0, 0.05) is 19.2 Å². The van der Waals surface area contributed by atoms with Crippen molar-refractivity contribution in [1.82, 2.24) is 0 Å². The third-order valence-electron chi connectivity index (χ3n) is 1.97. The van der Waals surface area contributed by atoms with Crippen molar-refractivity contribution < 1.29 is 23.0 Å². The second kappa shape index (κ2) is 7.03. The fourth-order valence-electron chi connectivity index (χ4n) is 1.11.